The van der Waals surface area contributed by atoms with E-state index < -0.39 is 6.67 Å². The lowest BCUT2D eigenvalue weighted by atomic mass is 10.2. The summed E-state index contributed by atoms with van der Waals surface area (Å²) in [6.07, 6.45) is 2.53. The summed E-state index contributed by atoms with van der Waals surface area (Å²) in [5.74, 6) is 0. The standard InChI is InChI=1S/C7H6ClF.C3H7N/c8-7-3-1-6(5-9)2-4-7;4-3-1-2-3/h1-4H,5H2;3H,1-2,4H2. The number of alkyl halides is 1. The van der Waals surface area contributed by atoms with Crippen LogP contribution >= 0.6 is 11.6 Å². The van der Waals surface area contributed by atoms with Crippen molar-refractivity contribution in [3.8, 4) is 0 Å². The molecule has 0 spiro atoms. The highest BCUT2D eigenvalue weighted by atomic mass is 35.5. The summed E-state index contributed by atoms with van der Waals surface area (Å²) >= 11 is 5.55. The van der Waals surface area contributed by atoms with Crippen molar-refractivity contribution in [2.45, 2.75) is 25.6 Å². The zero-order valence-electron chi connectivity index (χ0n) is 7.34. The molecule has 13 heavy (non-hydrogen) atoms. The third-order valence-electron chi connectivity index (χ3n) is 1.69. The Morgan fingerprint density at radius 3 is 2.08 bits per heavy atom. The molecule has 2 N–H and O–H groups in total. The van der Waals surface area contributed by atoms with E-state index in [1.807, 2.05) is 0 Å². The summed E-state index contributed by atoms with van der Waals surface area (Å²) in [6, 6.07) is 7.28. The SMILES string of the molecule is FCc1ccc(Cl)cc1.NC1CC1. The fourth-order valence-electron chi connectivity index (χ4n) is 0.670. The molecule has 0 radical (unpaired) electrons. The van der Waals surface area contributed by atoms with Crippen molar-refractivity contribution >= 4 is 11.6 Å². The average molecular weight is 202 g/mol. The van der Waals surface area contributed by atoms with Crippen molar-refractivity contribution in [1.82, 2.24) is 0 Å². The van der Waals surface area contributed by atoms with Crippen LogP contribution in [-0.4, -0.2) is 6.04 Å². The first-order valence-electron chi connectivity index (χ1n) is 4.28. The zero-order valence-corrected chi connectivity index (χ0v) is 8.10. The first kappa shape index (κ1) is 10.5. The van der Waals surface area contributed by atoms with Gasteiger partial charge < -0.3 is 5.73 Å². The van der Waals surface area contributed by atoms with Crippen molar-refractivity contribution in [2.75, 3.05) is 0 Å². The molecule has 1 nitrogen and oxygen atoms in total. The van der Waals surface area contributed by atoms with E-state index >= 15 is 0 Å². The molecule has 1 aliphatic rings. The highest BCUT2D eigenvalue weighted by Gasteiger charge is 2.13. The summed E-state index contributed by atoms with van der Waals surface area (Å²) < 4.78 is 11.8. The number of hydrogen-bond acceptors (Lipinski definition) is 1. The fourth-order valence-corrected chi connectivity index (χ4v) is 0.796. The zero-order chi connectivity index (χ0) is 9.68. The number of rotatable bonds is 1. The van der Waals surface area contributed by atoms with E-state index in [2.05, 4.69) is 0 Å². The Kier molecular flexibility index (Phi) is 4.19. The summed E-state index contributed by atoms with van der Waals surface area (Å²) in [7, 11) is 0. The van der Waals surface area contributed by atoms with Crippen molar-refractivity contribution in [2.24, 2.45) is 5.73 Å². The fraction of sp³-hybridized carbons (Fsp3) is 0.400. The third kappa shape index (κ3) is 4.86. The van der Waals surface area contributed by atoms with Crippen molar-refractivity contribution < 1.29 is 4.39 Å². The summed E-state index contributed by atoms with van der Waals surface area (Å²) in [5.41, 5.74) is 5.89. The second kappa shape index (κ2) is 5.20. The Morgan fingerprint density at radius 1 is 1.31 bits per heavy atom. The van der Waals surface area contributed by atoms with Crippen molar-refractivity contribution in [3.05, 3.63) is 34.9 Å². The molecule has 1 aromatic carbocycles. The quantitative estimate of drug-likeness (QED) is 0.743. The number of halogens is 2. The van der Waals surface area contributed by atoms with Gasteiger partial charge in [0.1, 0.15) is 6.67 Å². The van der Waals surface area contributed by atoms with Crippen molar-refractivity contribution in [1.29, 1.82) is 0 Å². The molecule has 1 aliphatic carbocycles. The molecule has 0 aromatic heterocycles. The lowest BCUT2D eigenvalue weighted by Crippen LogP contribution is -1.94. The van der Waals surface area contributed by atoms with Crippen LogP contribution in [0.4, 0.5) is 4.39 Å². The lowest BCUT2D eigenvalue weighted by Gasteiger charge is -1.91. The van der Waals surface area contributed by atoms with Gasteiger partial charge in [-0.1, -0.05) is 23.7 Å². The van der Waals surface area contributed by atoms with E-state index in [0.29, 0.717) is 16.6 Å². The molecule has 0 unspecified atom stereocenters. The lowest BCUT2D eigenvalue weighted by molar-refractivity contribution is 0.485. The molecule has 1 fully saturated rings. The van der Waals surface area contributed by atoms with Gasteiger partial charge in [0.05, 0.1) is 0 Å². The van der Waals surface area contributed by atoms with Crippen LogP contribution in [0.5, 0.6) is 0 Å². The average Bonchev–Trinajstić information content (AvgIpc) is 2.90. The molecular formula is C10H13ClFN. The monoisotopic (exact) mass is 201 g/mol. The minimum Gasteiger partial charge on any atom is -0.328 e. The van der Waals surface area contributed by atoms with Crippen LogP contribution in [0.3, 0.4) is 0 Å². The van der Waals surface area contributed by atoms with Crippen LogP contribution in [0, 0.1) is 0 Å². The van der Waals surface area contributed by atoms with Gasteiger partial charge >= 0.3 is 0 Å². The van der Waals surface area contributed by atoms with Gasteiger partial charge in [-0.3, -0.25) is 0 Å². The Hall–Kier alpha value is -0.600. The van der Waals surface area contributed by atoms with Gasteiger partial charge in [0.25, 0.3) is 0 Å². The second-order valence-corrected chi connectivity index (χ2v) is 3.53. The molecule has 0 heterocycles. The van der Waals surface area contributed by atoms with E-state index in [-0.39, 0.29) is 0 Å². The molecule has 72 valence electrons. The van der Waals surface area contributed by atoms with E-state index in [1.165, 1.54) is 12.8 Å². The predicted octanol–water partition coefficient (Wildman–Crippen LogP) is 2.92. The van der Waals surface area contributed by atoms with Crippen LogP contribution < -0.4 is 5.73 Å². The van der Waals surface area contributed by atoms with Crippen LogP contribution in [0.2, 0.25) is 5.02 Å². The van der Waals surface area contributed by atoms with Crippen LogP contribution in [-0.2, 0) is 6.67 Å². The number of benzene rings is 1. The molecule has 0 amide bonds. The Labute approximate surface area is 82.7 Å². The largest absolute Gasteiger partial charge is 0.328 e. The Morgan fingerprint density at radius 2 is 1.77 bits per heavy atom. The van der Waals surface area contributed by atoms with Gasteiger partial charge in [-0.25, -0.2) is 4.39 Å². The minimum absolute atomic E-state index is 0.419. The predicted molar refractivity (Wildman–Crippen MR) is 53.5 cm³/mol. The number of nitrogens with two attached hydrogens (primary N) is 1. The highest BCUT2D eigenvalue weighted by Crippen LogP contribution is 2.13. The van der Waals surface area contributed by atoms with Gasteiger partial charge in [-0.15, -0.1) is 0 Å². The van der Waals surface area contributed by atoms with Gasteiger partial charge in [0.2, 0.25) is 0 Å². The Balaban J connectivity index is 0.000000175. The summed E-state index contributed by atoms with van der Waals surface area (Å²) in [6.45, 7) is -0.419. The molecule has 0 atom stereocenters. The number of hydrogen-bond donors (Lipinski definition) is 1. The van der Waals surface area contributed by atoms with E-state index in [9.17, 15) is 4.39 Å². The molecular weight excluding hydrogens is 189 g/mol. The Bertz CT molecular complexity index is 244. The van der Waals surface area contributed by atoms with Crippen molar-refractivity contribution in [3.63, 3.8) is 0 Å². The maximum Gasteiger partial charge on any atom is 0.115 e. The second-order valence-electron chi connectivity index (χ2n) is 3.10. The molecule has 0 aliphatic heterocycles. The smallest absolute Gasteiger partial charge is 0.115 e. The maximum atomic E-state index is 11.8. The van der Waals surface area contributed by atoms with Gasteiger partial charge in [-0.2, -0.15) is 0 Å². The van der Waals surface area contributed by atoms with Gasteiger partial charge in [-0.05, 0) is 30.5 Å². The highest BCUT2D eigenvalue weighted by molar-refractivity contribution is 6.30. The third-order valence-corrected chi connectivity index (χ3v) is 1.94. The summed E-state index contributed by atoms with van der Waals surface area (Å²) in [4.78, 5) is 0. The van der Waals surface area contributed by atoms with Crippen LogP contribution in [0.1, 0.15) is 18.4 Å². The van der Waals surface area contributed by atoms with E-state index in [1.54, 1.807) is 24.3 Å². The first-order chi connectivity index (χ1) is 6.22. The molecule has 1 saturated carbocycles. The first-order valence-corrected chi connectivity index (χ1v) is 4.66. The molecule has 2 rings (SSSR count). The van der Waals surface area contributed by atoms with Gasteiger partial charge in [0, 0.05) is 11.1 Å². The van der Waals surface area contributed by atoms with Crippen LogP contribution in [0.25, 0.3) is 0 Å². The van der Waals surface area contributed by atoms with Gasteiger partial charge in [0.15, 0.2) is 0 Å². The molecule has 0 bridgehead atoms. The normalized spacial score (nSPS) is 14.7. The molecule has 1 aromatic rings. The molecule has 0 saturated heterocycles. The molecule has 3 heteroatoms. The van der Waals surface area contributed by atoms with E-state index in [4.69, 9.17) is 17.3 Å². The summed E-state index contributed by atoms with van der Waals surface area (Å²) in [5, 5.41) is 0.646. The minimum atomic E-state index is -0.419. The van der Waals surface area contributed by atoms with E-state index in [0.717, 1.165) is 0 Å². The topological polar surface area (TPSA) is 26.0 Å². The maximum absolute atomic E-state index is 11.8. The van der Waals surface area contributed by atoms with Crippen LogP contribution in [0.15, 0.2) is 24.3 Å².